The molecule has 6 aromatic rings. The van der Waals surface area contributed by atoms with E-state index in [0.717, 1.165) is 59.9 Å². The summed E-state index contributed by atoms with van der Waals surface area (Å²) in [5, 5.41) is 32.3. The Bertz CT molecular complexity index is 1810. The van der Waals surface area contributed by atoms with Crippen LogP contribution in [0.5, 0.6) is 0 Å². The van der Waals surface area contributed by atoms with Crippen LogP contribution >= 0.6 is 0 Å². The van der Waals surface area contributed by atoms with Crippen LogP contribution in [0.4, 0.5) is 11.4 Å². The molecular formula is C34H30N2O2. The van der Waals surface area contributed by atoms with Gasteiger partial charge in [-0.15, -0.1) is 0 Å². The number of nitrogens with zero attached hydrogens (tertiary/aromatic N) is 1. The zero-order valence-electron chi connectivity index (χ0n) is 21.5. The minimum absolute atomic E-state index is 0.414. The second kappa shape index (κ2) is 8.45. The Morgan fingerprint density at radius 2 is 1.08 bits per heavy atom. The number of aliphatic hydroxyl groups excluding tert-OH is 2. The van der Waals surface area contributed by atoms with Crippen molar-refractivity contribution in [3.63, 3.8) is 0 Å². The SMILES string of the molecule is CN(C)c1c2ccccc2c(C2C(O)C(c3c4ccccc4cc4ccccc34)C2O)c2c(N)cccc12. The van der Waals surface area contributed by atoms with Crippen molar-refractivity contribution in [2.45, 2.75) is 24.0 Å². The van der Waals surface area contributed by atoms with Crippen LogP contribution in [-0.2, 0) is 0 Å². The van der Waals surface area contributed by atoms with E-state index in [4.69, 9.17) is 5.73 Å². The van der Waals surface area contributed by atoms with E-state index < -0.39 is 24.0 Å². The molecular weight excluding hydrogens is 468 g/mol. The number of fused-ring (bicyclic) bond motifs is 4. The highest BCUT2D eigenvalue weighted by molar-refractivity contribution is 6.17. The Kier molecular flexibility index (Phi) is 5.12. The molecule has 0 amide bonds. The second-order valence-electron chi connectivity index (χ2n) is 10.7. The Morgan fingerprint density at radius 3 is 1.68 bits per heavy atom. The number of nitrogen functional groups attached to an aromatic ring is 1. The molecule has 0 bridgehead atoms. The van der Waals surface area contributed by atoms with Gasteiger partial charge in [-0.3, -0.25) is 0 Å². The zero-order chi connectivity index (χ0) is 26.1. The van der Waals surface area contributed by atoms with Crippen LogP contribution in [0.2, 0.25) is 0 Å². The van der Waals surface area contributed by atoms with Crippen molar-refractivity contribution < 1.29 is 10.2 Å². The predicted octanol–water partition coefficient (Wildman–Crippen LogP) is 6.55. The van der Waals surface area contributed by atoms with Crippen LogP contribution in [0, 0.1) is 0 Å². The van der Waals surface area contributed by atoms with E-state index >= 15 is 0 Å². The Hall–Kier alpha value is -4.12. The van der Waals surface area contributed by atoms with Crippen molar-refractivity contribution in [2.24, 2.45) is 0 Å². The molecule has 38 heavy (non-hydrogen) atoms. The van der Waals surface area contributed by atoms with E-state index in [9.17, 15) is 10.2 Å². The molecule has 7 rings (SSSR count). The smallest absolute Gasteiger partial charge is 0.0728 e. The lowest BCUT2D eigenvalue weighted by atomic mass is 9.60. The molecule has 1 aliphatic rings. The summed E-state index contributed by atoms with van der Waals surface area (Å²) in [6.07, 6.45) is -1.54. The third kappa shape index (κ3) is 3.11. The summed E-state index contributed by atoms with van der Waals surface area (Å²) in [7, 11) is 4.08. The zero-order valence-corrected chi connectivity index (χ0v) is 21.5. The lowest BCUT2D eigenvalue weighted by Crippen LogP contribution is -2.52. The molecule has 0 spiro atoms. The predicted molar refractivity (Wildman–Crippen MR) is 159 cm³/mol. The van der Waals surface area contributed by atoms with Gasteiger partial charge in [-0.1, -0.05) is 84.9 Å². The van der Waals surface area contributed by atoms with Crippen molar-refractivity contribution >= 4 is 54.5 Å². The molecule has 0 aliphatic heterocycles. The van der Waals surface area contributed by atoms with Gasteiger partial charge in [0.25, 0.3) is 0 Å². The Morgan fingerprint density at radius 1 is 0.579 bits per heavy atom. The first-order valence-corrected chi connectivity index (χ1v) is 13.1. The third-order valence-electron chi connectivity index (χ3n) is 8.49. The van der Waals surface area contributed by atoms with Crippen LogP contribution in [-0.4, -0.2) is 36.5 Å². The molecule has 2 unspecified atom stereocenters. The van der Waals surface area contributed by atoms with E-state index in [1.807, 2.05) is 62.6 Å². The molecule has 1 aliphatic carbocycles. The highest BCUT2D eigenvalue weighted by Crippen LogP contribution is 2.55. The van der Waals surface area contributed by atoms with E-state index in [1.54, 1.807) is 0 Å². The molecule has 4 N–H and O–H groups in total. The molecule has 0 heterocycles. The lowest BCUT2D eigenvalue weighted by molar-refractivity contribution is -0.0765. The first-order chi connectivity index (χ1) is 18.5. The minimum Gasteiger partial charge on any atom is -0.398 e. The first-order valence-electron chi connectivity index (χ1n) is 13.1. The molecule has 6 aromatic carbocycles. The minimum atomic E-state index is -0.768. The standard InChI is InChI=1S/C34H30N2O2/c1-36(2)32-24-15-8-7-14-23(24)29(28-25(32)16-9-17-26(28)35)31-33(37)30(34(31)38)27-21-12-5-3-10-19(21)18-20-11-4-6-13-22(20)27/h3-18,30-31,33-34,37-38H,35H2,1-2H3. The summed E-state index contributed by atoms with van der Waals surface area (Å²) in [5.41, 5.74) is 10.3. The summed E-state index contributed by atoms with van der Waals surface area (Å²) in [6, 6.07) is 32.9. The maximum absolute atomic E-state index is 11.9. The first kappa shape index (κ1) is 23.0. The lowest BCUT2D eigenvalue weighted by Gasteiger charge is -2.48. The largest absolute Gasteiger partial charge is 0.398 e. The fourth-order valence-corrected chi connectivity index (χ4v) is 6.90. The van der Waals surface area contributed by atoms with Crippen molar-refractivity contribution in [1.82, 2.24) is 0 Å². The van der Waals surface area contributed by atoms with E-state index in [2.05, 4.69) is 53.4 Å². The van der Waals surface area contributed by atoms with Crippen LogP contribution in [0.25, 0.3) is 43.1 Å². The van der Waals surface area contributed by atoms with Crippen molar-refractivity contribution in [3.8, 4) is 0 Å². The summed E-state index contributed by atoms with van der Waals surface area (Å²) < 4.78 is 0. The van der Waals surface area contributed by atoms with E-state index in [1.165, 1.54) is 0 Å². The summed E-state index contributed by atoms with van der Waals surface area (Å²) in [5.74, 6) is -0.880. The number of aliphatic hydroxyl groups is 2. The normalized spacial score (nSPS) is 21.3. The average molecular weight is 499 g/mol. The number of hydrogen-bond donors (Lipinski definition) is 3. The fraction of sp³-hybridized carbons (Fsp3) is 0.176. The fourth-order valence-electron chi connectivity index (χ4n) is 6.90. The molecule has 1 fully saturated rings. The van der Waals surface area contributed by atoms with Gasteiger partial charge in [-0.05, 0) is 50.2 Å². The second-order valence-corrected chi connectivity index (χ2v) is 10.7. The van der Waals surface area contributed by atoms with Crippen molar-refractivity contribution in [2.75, 3.05) is 24.7 Å². The van der Waals surface area contributed by atoms with Crippen LogP contribution in [0.15, 0.2) is 97.1 Å². The van der Waals surface area contributed by atoms with Gasteiger partial charge in [0.2, 0.25) is 0 Å². The van der Waals surface area contributed by atoms with Gasteiger partial charge in [0, 0.05) is 47.8 Å². The maximum atomic E-state index is 11.9. The van der Waals surface area contributed by atoms with Gasteiger partial charge in [-0.25, -0.2) is 0 Å². The van der Waals surface area contributed by atoms with E-state index in [-0.39, 0.29) is 0 Å². The number of nitrogens with two attached hydrogens (primary N) is 1. The molecule has 4 nitrogen and oxygen atoms in total. The number of anilines is 2. The topological polar surface area (TPSA) is 69.7 Å². The average Bonchev–Trinajstić information content (AvgIpc) is 2.92. The van der Waals surface area contributed by atoms with Gasteiger partial charge in [-0.2, -0.15) is 0 Å². The molecule has 0 radical (unpaired) electrons. The molecule has 0 saturated heterocycles. The summed E-state index contributed by atoms with van der Waals surface area (Å²) in [6.45, 7) is 0. The van der Waals surface area contributed by atoms with Crippen LogP contribution < -0.4 is 10.6 Å². The van der Waals surface area contributed by atoms with Gasteiger partial charge in [0.15, 0.2) is 0 Å². The van der Waals surface area contributed by atoms with Crippen molar-refractivity contribution in [1.29, 1.82) is 0 Å². The van der Waals surface area contributed by atoms with Crippen molar-refractivity contribution in [3.05, 3.63) is 108 Å². The van der Waals surface area contributed by atoms with Gasteiger partial charge >= 0.3 is 0 Å². The maximum Gasteiger partial charge on any atom is 0.0728 e. The number of rotatable bonds is 3. The van der Waals surface area contributed by atoms with Crippen LogP contribution in [0.1, 0.15) is 23.0 Å². The number of benzene rings is 6. The number of hydrogen-bond acceptors (Lipinski definition) is 4. The van der Waals surface area contributed by atoms with Gasteiger partial charge in [0.05, 0.1) is 17.9 Å². The molecule has 188 valence electrons. The summed E-state index contributed by atoms with van der Waals surface area (Å²) in [4.78, 5) is 2.12. The molecule has 4 heteroatoms. The van der Waals surface area contributed by atoms with E-state index in [0.29, 0.717) is 5.69 Å². The Balaban J connectivity index is 1.48. The molecule has 1 saturated carbocycles. The summed E-state index contributed by atoms with van der Waals surface area (Å²) >= 11 is 0. The van der Waals surface area contributed by atoms with Gasteiger partial charge < -0.3 is 20.8 Å². The Labute approximate surface area is 221 Å². The quantitative estimate of drug-likeness (QED) is 0.191. The third-order valence-corrected chi connectivity index (χ3v) is 8.49. The highest BCUT2D eigenvalue weighted by Gasteiger charge is 2.52. The molecule has 0 aromatic heterocycles. The molecule has 2 atom stereocenters. The highest BCUT2D eigenvalue weighted by atomic mass is 16.3. The van der Waals surface area contributed by atoms with Crippen LogP contribution in [0.3, 0.4) is 0 Å². The monoisotopic (exact) mass is 498 g/mol. The van der Waals surface area contributed by atoms with Gasteiger partial charge in [0.1, 0.15) is 0 Å².